The number of hydrogen-bond acceptors (Lipinski definition) is 5. The Balaban J connectivity index is 1.87. The van der Waals surface area contributed by atoms with Crippen LogP contribution in [0, 0.1) is 12.7 Å². The molecule has 0 amide bonds. The molecule has 0 saturated heterocycles. The number of aliphatic hydroxyl groups excluding tert-OH is 1. The number of benzene rings is 1. The summed E-state index contributed by atoms with van der Waals surface area (Å²) in [6.45, 7) is 1.66. The Bertz CT molecular complexity index is 1030. The first-order valence-electron chi connectivity index (χ1n) is 7.99. The molecule has 7 heteroatoms. The van der Waals surface area contributed by atoms with Crippen molar-refractivity contribution in [2.45, 2.75) is 13.0 Å². The summed E-state index contributed by atoms with van der Waals surface area (Å²) in [5.41, 5.74) is 2.61. The summed E-state index contributed by atoms with van der Waals surface area (Å²) in [5.74, 6) is 0.228. The number of H-pyrrole nitrogens is 1. The van der Waals surface area contributed by atoms with Gasteiger partial charge in [0.1, 0.15) is 18.2 Å². The van der Waals surface area contributed by atoms with Crippen molar-refractivity contribution in [3.63, 3.8) is 0 Å². The summed E-state index contributed by atoms with van der Waals surface area (Å²) in [5, 5.41) is 18.9. The minimum atomic E-state index is -0.974. The number of thiophene rings is 1. The lowest BCUT2D eigenvalue weighted by atomic mass is 9.96. The lowest BCUT2D eigenvalue weighted by Crippen LogP contribution is -2.04. The zero-order valence-electron chi connectivity index (χ0n) is 13.8. The molecule has 0 aliphatic carbocycles. The number of halogens is 1. The van der Waals surface area contributed by atoms with Gasteiger partial charge in [-0.15, -0.1) is 21.5 Å². The van der Waals surface area contributed by atoms with E-state index in [-0.39, 0.29) is 5.82 Å². The number of nitrogens with one attached hydrogen (secondary N) is 1. The Hall–Kier alpha value is -2.90. The van der Waals surface area contributed by atoms with Gasteiger partial charge in [-0.3, -0.25) is 4.98 Å². The van der Waals surface area contributed by atoms with E-state index in [2.05, 4.69) is 20.2 Å². The van der Waals surface area contributed by atoms with Gasteiger partial charge in [0.25, 0.3) is 0 Å². The van der Waals surface area contributed by atoms with Gasteiger partial charge in [-0.25, -0.2) is 4.39 Å². The molecule has 1 aromatic carbocycles. The van der Waals surface area contributed by atoms with E-state index >= 15 is 0 Å². The average Bonchev–Trinajstić information content (AvgIpc) is 3.33. The zero-order valence-corrected chi connectivity index (χ0v) is 14.7. The van der Waals surface area contributed by atoms with Gasteiger partial charge < -0.3 is 10.1 Å². The van der Waals surface area contributed by atoms with Crippen LogP contribution in [0.3, 0.4) is 0 Å². The van der Waals surface area contributed by atoms with Gasteiger partial charge in [-0.05, 0) is 47.9 Å². The van der Waals surface area contributed by atoms with E-state index in [0.29, 0.717) is 22.5 Å². The minimum absolute atomic E-state index is 0.340. The summed E-state index contributed by atoms with van der Waals surface area (Å²) in [6.07, 6.45) is 3.95. The molecule has 0 aliphatic heterocycles. The molecule has 2 N–H and O–H groups in total. The number of pyridine rings is 1. The van der Waals surface area contributed by atoms with Gasteiger partial charge in [0.15, 0.2) is 5.82 Å². The van der Waals surface area contributed by atoms with Crippen molar-refractivity contribution < 1.29 is 9.50 Å². The van der Waals surface area contributed by atoms with Crippen molar-refractivity contribution in [2.24, 2.45) is 0 Å². The monoisotopic (exact) mass is 366 g/mol. The number of aliphatic hydroxyl groups is 1. The Morgan fingerprint density at radius 2 is 1.96 bits per heavy atom. The molecule has 4 aromatic rings. The first-order valence-corrected chi connectivity index (χ1v) is 8.80. The van der Waals surface area contributed by atoms with Crippen molar-refractivity contribution in [2.75, 3.05) is 0 Å². The second-order valence-corrected chi connectivity index (χ2v) is 6.88. The van der Waals surface area contributed by atoms with Gasteiger partial charge in [0.2, 0.25) is 0 Å². The third kappa shape index (κ3) is 2.91. The fraction of sp³-hybridized carbons (Fsp3) is 0.105. The first-order chi connectivity index (χ1) is 12.6. The van der Waals surface area contributed by atoms with E-state index in [1.54, 1.807) is 31.5 Å². The fourth-order valence-electron chi connectivity index (χ4n) is 2.86. The highest BCUT2D eigenvalue weighted by atomic mass is 32.1. The molecule has 1 atom stereocenters. The largest absolute Gasteiger partial charge is 0.384 e. The van der Waals surface area contributed by atoms with Crippen molar-refractivity contribution in [3.8, 4) is 21.1 Å². The van der Waals surface area contributed by atoms with E-state index < -0.39 is 6.10 Å². The summed E-state index contributed by atoms with van der Waals surface area (Å²) in [4.78, 5) is 8.75. The molecule has 0 fully saturated rings. The predicted octanol–water partition coefficient (Wildman–Crippen LogP) is 4.12. The van der Waals surface area contributed by atoms with E-state index in [1.165, 1.54) is 23.7 Å². The standard InChI is InChI=1S/C19H15FN4OS/c1-11-13(3-2-4-15(11)20)17(25)14-9-16(12-5-7-21-8-6-12)26-18(14)19-22-10-23-24-19/h2-10,17,25H,1H3,(H,22,23,24). The molecule has 0 radical (unpaired) electrons. The second-order valence-electron chi connectivity index (χ2n) is 5.83. The van der Waals surface area contributed by atoms with Gasteiger partial charge in [0, 0.05) is 22.8 Å². The summed E-state index contributed by atoms with van der Waals surface area (Å²) < 4.78 is 14.0. The van der Waals surface area contributed by atoms with Gasteiger partial charge in [0.05, 0.1) is 4.88 Å². The Labute approximate surface area is 153 Å². The van der Waals surface area contributed by atoms with E-state index in [9.17, 15) is 9.50 Å². The van der Waals surface area contributed by atoms with Gasteiger partial charge in [-0.2, -0.15) is 0 Å². The number of aromatic nitrogens is 4. The molecule has 1 unspecified atom stereocenters. The van der Waals surface area contributed by atoms with Crippen LogP contribution < -0.4 is 0 Å². The molecular formula is C19H15FN4OS. The summed E-state index contributed by atoms with van der Waals surface area (Å²) >= 11 is 1.49. The van der Waals surface area contributed by atoms with Crippen LogP contribution in [0.25, 0.3) is 21.1 Å². The van der Waals surface area contributed by atoms with Crippen LogP contribution in [0.15, 0.2) is 55.1 Å². The average molecular weight is 366 g/mol. The highest BCUT2D eigenvalue weighted by Gasteiger charge is 2.23. The minimum Gasteiger partial charge on any atom is -0.384 e. The van der Waals surface area contributed by atoms with Crippen LogP contribution in [0.5, 0.6) is 0 Å². The molecular weight excluding hydrogens is 351 g/mol. The maximum Gasteiger partial charge on any atom is 0.171 e. The van der Waals surface area contributed by atoms with E-state index in [4.69, 9.17) is 0 Å². The third-order valence-corrected chi connectivity index (χ3v) is 5.46. The van der Waals surface area contributed by atoms with E-state index in [1.807, 2.05) is 18.2 Å². The Kier molecular flexibility index (Phi) is 4.32. The highest BCUT2D eigenvalue weighted by molar-refractivity contribution is 7.19. The van der Waals surface area contributed by atoms with Crippen LogP contribution in [0.4, 0.5) is 4.39 Å². The predicted molar refractivity (Wildman–Crippen MR) is 98.1 cm³/mol. The second kappa shape index (κ2) is 6.78. The van der Waals surface area contributed by atoms with Crippen LogP contribution in [0.1, 0.15) is 22.8 Å². The van der Waals surface area contributed by atoms with E-state index in [0.717, 1.165) is 15.3 Å². The molecule has 3 heterocycles. The SMILES string of the molecule is Cc1c(F)cccc1C(O)c1cc(-c2ccncc2)sc1-c1nnc[nH]1. The van der Waals surface area contributed by atoms with Crippen molar-refractivity contribution in [3.05, 3.63) is 77.6 Å². The number of aromatic amines is 1. The fourth-order valence-corrected chi connectivity index (χ4v) is 4.00. The van der Waals surface area contributed by atoms with Gasteiger partial charge >= 0.3 is 0 Å². The molecule has 0 spiro atoms. The lowest BCUT2D eigenvalue weighted by molar-refractivity contribution is 0.220. The molecule has 0 aliphatic rings. The molecule has 3 aromatic heterocycles. The maximum absolute atomic E-state index is 14.0. The first kappa shape index (κ1) is 16.6. The van der Waals surface area contributed by atoms with Crippen molar-refractivity contribution in [1.29, 1.82) is 0 Å². The van der Waals surface area contributed by atoms with Crippen molar-refractivity contribution in [1.82, 2.24) is 20.2 Å². The smallest absolute Gasteiger partial charge is 0.171 e. The lowest BCUT2D eigenvalue weighted by Gasteiger charge is -2.14. The Morgan fingerprint density at radius 1 is 1.15 bits per heavy atom. The van der Waals surface area contributed by atoms with Crippen molar-refractivity contribution >= 4 is 11.3 Å². The maximum atomic E-state index is 14.0. The van der Waals surface area contributed by atoms with Gasteiger partial charge in [-0.1, -0.05) is 12.1 Å². The van der Waals surface area contributed by atoms with Crippen LogP contribution in [-0.4, -0.2) is 25.3 Å². The quantitative estimate of drug-likeness (QED) is 0.570. The molecule has 26 heavy (non-hydrogen) atoms. The Morgan fingerprint density at radius 3 is 2.69 bits per heavy atom. The van der Waals surface area contributed by atoms with Crippen LogP contribution in [-0.2, 0) is 0 Å². The number of hydrogen-bond donors (Lipinski definition) is 2. The number of rotatable bonds is 4. The summed E-state index contributed by atoms with van der Waals surface area (Å²) in [7, 11) is 0. The third-order valence-electron chi connectivity index (χ3n) is 4.26. The summed E-state index contributed by atoms with van der Waals surface area (Å²) in [6, 6.07) is 10.4. The highest BCUT2D eigenvalue weighted by Crippen LogP contribution is 2.41. The molecule has 0 bridgehead atoms. The van der Waals surface area contributed by atoms with Crippen LogP contribution >= 0.6 is 11.3 Å². The number of nitrogens with zero attached hydrogens (tertiary/aromatic N) is 3. The molecule has 5 nitrogen and oxygen atoms in total. The molecule has 4 rings (SSSR count). The molecule has 130 valence electrons. The molecule has 0 saturated carbocycles. The normalized spacial score (nSPS) is 12.3. The topological polar surface area (TPSA) is 74.7 Å². The zero-order chi connectivity index (χ0) is 18.1. The van der Waals surface area contributed by atoms with Crippen LogP contribution in [0.2, 0.25) is 0 Å².